The van der Waals surface area contributed by atoms with Crippen LogP contribution in [-0.4, -0.2) is 20.9 Å². The number of aryl methyl sites for hydroxylation is 1. The van der Waals surface area contributed by atoms with Gasteiger partial charge in [-0.3, -0.25) is 4.79 Å². The molecule has 1 aliphatic carbocycles. The molecule has 1 amide bonds. The fraction of sp³-hybridized carbons (Fsp3) is 0.545. The van der Waals surface area contributed by atoms with Crippen molar-refractivity contribution >= 4 is 25.6 Å². The first kappa shape index (κ1) is 13.4. The molecular formula is C11H14ClNO4S. The minimum atomic E-state index is -3.88. The predicted octanol–water partition coefficient (Wildman–Crippen LogP) is 2.05. The zero-order valence-electron chi connectivity index (χ0n) is 10.1. The average molecular weight is 292 g/mol. The Kier molecular flexibility index (Phi) is 3.19. The van der Waals surface area contributed by atoms with Gasteiger partial charge >= 0.3 is 0 Å². The topological polar surface area (TPSA) is 76.4 Å². The van der Waals surface area contributed by atoms with Gasteiger partial charge in [0.25, 0.3) is 15.0 Å². The molecule has 7 heteroatoms. The summed E-state index contributed by atoms with van der Waals surface area (Å²) in [5.74, 6) is -0.332. The van der Waals surface area contributed by atoms with Crippen LogP contribution in [0.5, 0.6) is 0 Å². The van der Waals surface area contributed by atoms with E-state index >= 15 is 0 Å². The Labute approximate surface area is 110 Å². The van der Waals surface area contributed by atoms with E-state index < -0.39 is 15.0 Å². The van der Waals surface area contributed by atoms with Gasteiger partial charge in [0.15, 0.2) is 5.76 Å². The Morgan fingerprint density at radius 3 is 2.61 bits per heavy atom. The predicted molar refractivity (Wildman–Crippen MR) is 66.2 cm³/mol. The van der Waals surface area contributed by atoms with Crippen molar-refractivity contribution in [3.63, 3.8) is 0 Å². The van der Waals surface area contributed by atoms with Crippen LogP contribution in [0, 0.1) is 12.3 Å². The van der Waals surface area contributed by atoms with Crippen molar-refractivity contribution in [1.29, 1.82) is 0 Å². The molecule has 2 rings (SSSR count). The van der Waals surface area contributed by atoms with E-state index in [-0.39, 0.29) is 21.8 Å². The molecule has 1 aromatic rings. The molecule has 0 atom stereocenters. The van der Waals surface area contributed by atoms with E-state index in [1.165, 1.54) is 6.92 Å². The number of nitrogens with one attached hydrogen (secondary N) is 1. The van der Waals surface area contributed by atoms with Crippen molar-refractivity contribution in [3.05, 3.63) is 17.6 Å². The number of furan rings is 1. The van der Waals surface area contributed by atoms with Gasteiger partial charge in [0, 0.05) is 23.3 Å². The normalized spacial score (nSPS) is 17.5. The van der Waals surface area contributed by atoms with Crippen LogP contribution in [0.2, 0.25) is 0 Å². The second-order valence-corrected chi connectivity index (χ2v) is 7.50. The summed E-state index contributed by atoms with van der Waals surface area (Å²) in [5.41, 5.74) is 0.179. The lowest BCUT2D eigenvalue weighted by atomic mass is 10.1. The average Bonchev–Trinajstić information content (AvgIpc) is 2.83. The Balaban J connectivity index is 2.11. The number of hydrogen-bond donors (Lipinski definition) is 1. The van der Waals surface area contributed by atoms with Gasteiger partial charge in [0.05, 0.1) is 0 Å². The van der Waals surface area contributed by atoms with Crippen LogP contribution in [0.3, 0.4) is 0 Å². The third kappa shape index (κ3) is 2.87. The number of carbonyl (C=O) groups excluding carboxylic acids is 1. The minimum absolute atomic E-state index is 0.0315. The molecule has 0 aromatic carbocycles. The summed E-state index contributed by atoms with van der Waals surface area (Å²) in [6, 6.07) is 1.15. The van der Waals surface area contributed by atoms with Gasteiger partial charge in [-0.25, -0.2) is 8.42 Å². The molecule has 0 saturated heterocycles. The zero-order valence-corrected chi connectivity index (χ0v) is 11.7. The van der Waals surface area contributed by atoms with Gasteiger partial charge in [-0.2, -0.15) is 0 Å². The highest BCUT2D eigenvalue weighted by atomic mass is 35.7. The molecule has 5 nitrogen and oxygen atoms in total. The van der Waals surface area contributed by atoms with Crippen LogP contribution in [0.25, 0.3) is 0 Å². The maximum absolute atomic E-state index is 11.8. The van der Waals surface area contributed by atoms with Crippen molar-refractivity contribution in [2.75, 3.05) is 6.54 Å². The number of halogens is 1. The molecule has 1 aromatic heterocycles. The molecule has 0 radical (unpaired) electrons. The fourth-order valence-corrected chi connectivity index (χ4v) is 2.68. The summed E-state index contributed by atoms with van der Waals surface area (Å²) in [5, 5.41) is 2.72. The lowest BCUT2D eigenvalue weighted by Crippen LogP contribution is -2.28. The first-order valence-electron chi connectivity index (χ1n) is 5.55. The van der Waals surface area contributed by atoms with Crippen molar-refractivity contribution in [3.8, 4) is 0 Å². The van der Waals surface area contributed by atoms with Crippen LogP contribution in [0.4, 0.5) is 0 Å². The molecule has 0 aliphatic heterocycles. The van der Waals surface area contributed by atoms with Gasteiger partial charge in [0.1, 0.15) is 10.7 Å². The molecule has 1 N–H and O–H groups in total. The number of carbonyl (C=O) groups is 1. The summed E-state index contributed by atoms with van der Waals surface area (Å²) < 4.78 is 27.5. The molecule has 0 bridgehead atoms. The van der Waals surface area contributed by atoms with E-state index in [0.29, 0.717) is 6.54 Å². The second-order valence-electron chi connectivity index (χ2n) is 4.96. The largest absolute Gasteiger partial charge is 0.455 e. The standard InChI is InChI=1S/C11H14ClNO4S/c1-7-9(18(12,15)16)5-8(17-7)10(14)13-6-11(2)3-4-11/h5H,3-4,6H2,1-2H3,(H,13,14). The number of rotatable bonds is 4. The first-order valence-corrected chi connectivity index (χ1v) is 7.86. The maximum Gasteiger partial charge on any atom is 0.287 e. The third-order valence-electron chi connectivity index (χ3n) is 3.14. The van der Waals surface area contributed by atoms with Crippen molar-refractivity contribution in [2.45, 2.75) is 31.6 Å². The summed E-state index contributed by atoms with van der Waals surface area (Å²) in [6.07, 6.45) is 2.18. The molecule has 1 aliphatic rings. The van der Waals surface area contributed by atoms with Crippen LogP contribution < -0.4 is 5.32 Å². The van der Waals surface area contributed by atoms with Gasteiger partial charge in [-0.05, 0) is 25.2 Å². The smallest absolute Gasteiger partial charge is 0.287 e. The van der Waals surface area contributed by atoms with E-state index in [2.05, 4.69) is 12.2 Å². The zero-order chi connectivity index (χ0) is 13.6. The fourth-order valence-electron chi connectivity index (χ4n) is 1.59. The number of amides is 1. The van der Waals surface area contributed by atoms with Crippen molar-refractivity contribution < 1.29 is 17.6 Å². The number of hydrogen-bond acceptors (Lipinski definition) is 4. The van der Waals surface area contributed by atoms with Crippen molar-refractivity contribution in [1.82, 2.24) is 5.32 Å². The summed E-state index contributed by atoms with van der Waals surface area (Å²) in [6.45, 7) is 4.10. The summed E-state index contributed by atoms with van der Waals surface area (Å²) in [7, 11) is 1.34. The second kappa shape index (κ2) is 4.28. The molecule has 0 spiro atoms. The molecule has 1 heterocycles. The van der Waals surface area contributed by atoms with Gasteiger partial charge in [-0.1, -0.05) is 6.92 Å². The highest BCUT2D eigenvalue weighted by molar-refractivity contribution is 8.13. The first-order chi connectivity index (χ1) is 8.21. The van der Waals surface area contributed by atoms with Gasteiger partial charge in [-0.15, -0.1) is 0 Å². The van der Waals surface area contributed by atoms with Gasteiger partial charge in [0.2, 0.25) is 0 Å². The van der Waals surface area contributed by atoms with Gasteiger partial charge < -0.3 is 9.73 Å². The quantitative estimate of drug-likeness (QED) is 0.861. The Hall–Kier alpha value is -1.01. The SMILES string of the molecule is Cc1oc(C(=O)NCC2(C)CC2)cc1S(=O)(=O)Cl. The Bertz CT molecular complexity index is 586. The molecule has 100 valence electrons. The van der Waals surface area contributed by atoms with Crippen LogP contribution >= 0.6 is 10.7 Å². The van der Waals surface area contributed by atoms with E-state index in [1.807, 2.05) is 0 Å². The van der Waals surface area contributed by atoms with Crippen LogP contribution in [0.1, 0.15) is 36.1 Å². The molecule has 1 fully saturated rings. The van der Waals surface area contributed by atoms with Crippen molar-refractivity contribution in [2.24, 2.45) is 5.41 Å². The maximum atomic E-state index is 11.8. The third-order valence-corrected chi connectivity index (χ3v) is 4.57. The molecule has 0 unspecified atom stereocenters. The minimum Gasteiger partial charge on any atom is -0.455 e. The van der Waals surface area contributed by atoms with Crippen LogP contribution in [-0.2, 0) is 9.05 Å². The van der Waals surface area contributed by atoms with E-state index in [4.69, 9.17) is 15.1 Å². The summed E-state index contributed by atoms with van der Waals surface area (Å²) >= 11 is 0. The Morgan fingerprint density at radius 2 is 2.17 bits per heavy atom. The molecule has 18 heavy (non-hydrogen) atoms. The molecule has 1 saturated carbocycles. The Morgan fingerprint density at radius 1 is 1.56 bits per heavy atom. The highest BCUT2D eigenvalue weighted by Crippen LogP contribution is 2.44. The summed E-state index contributed by atoms with van der Waals surface area (Å²) in [4.78, 5) is 11.6. The molecular weight excluding hydrogens is 278 g/mol. The lowest BCUT2D eigenvalue weighted by molar-refractivity contribution is 0.0917. The van der Waals surface area contributed by atoms with Crippen LogP contribution in [0.15, 0.2) is 15.4 Å². The monoisotopic (exact) mass is 291 g/mol. The highest BCUT2D eigenvalue weighted by Gasteiger charge is 2.37. The van der Waals surface area contributed by atoms with E-state index in [1.54, 1.807) is 0 Å². The van der Waals surface area contributed by atoms with E-state index in [0.717, 1.165) is 18.9 Å². The van der Waals surface area contributed by atoms with E-state index in [9.17, 15) is 13.2 Å². The lowest BCUT2D eigenvalue weighted by Gasteiger charge is -2.08.